The van der Waals surface area contributed by atoms with Crippen molar-refractivity contribution in [2.75, 3.05) is 5.32 Å². The van der Waals surface area contributed by atoms with Gasteiger partial charge in [0.15, 0.2) is 5.65 Å². The van der Waals surface area contributed by atoms with Crippen LogP contribution in [0.2, 0.25) is 5.02 Å². The molecule has 0 amide bonds. The maximum absolute atomic E-state index is 5.95. The van der Waals surface area contributed by atoms with Crippen molar-refractivity contribution in [3.8, 4) is 5.69 Å². The summed E-state index contributed by atoms with van der Waals surface area (Å²) in [7, 11) is 0. The molecule has 6 heteroatoms. The summed E-state index contributed by atoms with van der Waals surface area (Å²) in [6.07, 6.45) is 3.30. The summed E-state index contributed by atoms with van der Waals surface area (Å²) in [5.74, 6) is 0.726. The van der Waals surface area contributed by atoms with Crippen molar-refractivity contribution in [2.45, 2.75) is 6.92 Å². The van der Waals surface area contributed by atoms with Crippen molar-refractivity contribution in [3.63, 3.8) is 0 Å². The summed E-state index contributed by atoms with van der Waals surface area (Å²) in [5.41, 5.74) is 3.82. The Balaban J connectivity index is 1.76. The Labute approximate surface area is 143 Å². The third-order valence-corrected chi connectivity index (χ3v) is 4.00. The van der Waals surface area contributed by atoms with E-state index in [1.54, 1.807) is 10.9 Å². The average molecular weight is 336 g/mol. The van der Waals surface area contributed by atoms with E-state index in [2.05, 4.69) is 39.4 Å². The van der Waals surface area contributed by atoms with E-state index < -0.39 is 0 Å². The smallest absolute Gasteiger partial charge is 0.168 e. The second-order valence-electron chi connectivity index (χ2n) is 5.48. The largest absolute Gasteiger partial charge is 0.340 e. The topological polar surface area (TPSA) is 55.6 Å². The molecule has 4 aromatic rings. The van der Waals surface area contributed by atoms with Gasteiger partial charge in [-0.1, -0.05) is 29.3 Å². The van der Waals surface area contributed by atoms with Gasteiger partial charge in [0.2, 0.25) is 0 Å². The highest BCUT2D eigenvalue weighted by molar-refractivity contribution is 6.30. The molecule has 2 heterocycles. The van der Waals surface area contributed by atoms with Crippen LogP contribution in [0.15, 0.2) is 61.1 Å². The third kappa shape index (κ3) is 2.70. The van der Waals surface area contributed by atoms with Crippen LogP contribution in [0.5, 0.6) is 0 Å². The van der Waals surface area contributed by atoms with Gasteiger partial charge in [0, 0.05) is 10.7 Å². The van der Waals surface area contributed by atoms with E-state index in [0.29, 0.717) is 5.02 Å². The first kappa shape index (κ1) is 14.7. The number of nitrogens with one attached hydrogen (secondary N) is 1. The molecule has 2 aromatic carbocycles. The number of fused-ring (bicyclic) bond motifs is 1. The second kappa shape index (κ2) is 5.94. The molecule has 0 unspecified atom stereocenters. The molecule has 24 heavy (non-hydrogen) atoms. The molecule has 2 aromatic heterocycles. The first-order valence-electron chi connectivity index (χ1n) is 7.49. The van der Waals surface area contributed by atoms with Crippen LogP contribution in [0.3, 0.4) is 0 Å². The number of benzene rings is 2. The van der Waals surface area contributed by atoms with Crippen LogP contribution in [0.25, 0.3) is 16.7 Å². The Bertz CT molecular complexity index is 990. The van der Waals surface area contributed by atoms with Gasteiger partial charge in [0.1, 0.15) is 12.1 Å². The number of hydrogen-bond donors (Lipinski definition) is 1. The van der Waals surface area contributed by atoms with Crippen molar-refractivity contribution < 1.29 is 0 Å². The van der Waals surface area contributed by atoms with E-state index in [9.17, 15) is 0 Å². The Hall–Kier alpha value is -2.92. The molecule has 0 aliphatic heterocycles. The molecule has 1 N–H and O–H groups in total. The van der Waals surface area contributed by atoms with E-state index in [4.69, 9.17) is 11.6 Å². The van der Waals surface area contributed by atoms with Gasteiger partial charge in [-0.05, 0) is 43.3 Å². The molecule has 0 spiro atoms. The lowest BCUT2D eigenvalue weighted by Gasteiger charge is -2.07. The summed E-state index contributed by atoms with van der Waals surface area (Å²) in [5, 5.41) is 9.31. The standard InChI is InChI=1S/C18H14ClN5/c1-12-2-6-14(7-3-12)23-17-16-10-22-24(18(16)21-11-20-17)15-8-4-13(19)5-9-15/h2-11H,1H3,(H,20,21,23). The zero-order valence-electron chi connectivity index (χ0n) is 12.9. The fourth-order valence-corrected chi connectivity index (χ4v) is 2.61. The minimum Gasteiger partial charge on any atom is -0.340 e. The molecule has 118 valence electrons. The number of rotatable bonds is 3. The monoisotopic (exact) mass is 335 g/mol. The lowest BCUT2D eigenvalue weighted by molar-refractivity contribution is 0.895. The van der Waals surface area contributed by atoms with E-state index in [-0.39, 0.29) is 0 Å². The fourth-order valence-electron chi connectivity index (χ4n) is 2.49. The molecule has 0 aliphatic carbocycles. The van der Waals surface area contributed by atoms with Gasteiger partial charge in [-0.25, -0.2) is 14.6 Å². The lowest BCUT2D eigenvalue weighted by Crippen LogP contribution is -1.99. The first-order chi connectivity index (χ1) is 11.7. The molecule has 0 saturated heterocycles. The minimum atomic E-state index is 0.687. The Morgan fingerprint density at radius 1 is 0.958 bits per heavy atom. The Morgan fingerprint density at radius 2 is 1.71 bits per heavy atom. The van der Waals surface area contributed by atoms with Crippen LogP contribution in [0.4, 0.5) is 11.5 Å². The van der Waals surface area contributed by atoms with Crippen LogP contribution in [-0.2, 0) is 0 Å². The van der Waals surface area contributed by atoms with Gasteiger partial charge in [-0.2, -0.15) is 5.10 Å². The Kier molecular flexibility index (Phi) is 3.63. The van der Waals surface area contributed by atoms with Gasteiger partial charge in [0.25, 0.3) is 0 Å². The van der Waals surface area contributed by atoms with Crippen molar-refractivity contribution >= 4 is 34.1 Å². The van der Waals surface area contributed by atoms with E-state index in [1.165, 1.54) is 11.9 Å². The molecule has 0 fully saturated rings. The maximum atomic E-state index is 5.95. The zero-order valence-corrected chi connectivity index (χ0v) is 13.7. The minimum absolute atomic E-state index is 0.687. The summed E-state index contributed by atoms with van der Waals surface area (Å²) >= 11 is 5.95. The van der Waals surface area contributed by atoms with Crippen LogP contribution in [-0.4, -0.2) is 19.7 Å². The maximum Gasteiger partial charge on any atom is 0.168 e. The molecule has 0 bridgehead atoms. The quantitative estimate of drug-likeness (QED) is 0.598. The van der Waals surface area contributed by atoms with Gasteiger partial charge < -0.3 is 5.32 Å². The molecule has 4 rings (SSSR count). The molecule has 0 aliphatic rings. The molecular formula is C18H14ClN5. The SMILES string of the molecule is Cc1ccc(Nc2ncnc3c2cnn3-c2ccc(Cl)cc2)cc1. The van der Waals surface area contributed by atoms with E-state index >= 15 is 0 Å². The van der Waals surface area contributed by atoms with Gasteiger partial charge in [-0.15, -0.1) is 0 Å². The molecule has 0 saturated carbocycles. The van der Waals surface area contributed by atoms with Crippen LogP contribution >= 0.6 is 11.6 Å². The summed E-state index contributed by atoms with van der Waals surface area (Å²) in [6, 6.07) is 15.6. The molecular weight excluding hydrogens is 322 g/mol. The first-order valence-corrected chi connectivity index (χ1v) is 7.87. The molecule has 5 nitrogen and oxygen atoms in total. The Morgan fingerprint density at radius 3 is 2.46 bits per heavy atom. The highest BCUT2D eigenvalue weighted by Crippen LogP contribution is 2.25. The summed E-state index contributed by atoms with van der Waals surface area (Å²) < 4.78 is 1.77. The number of anilines is 2. The highest BCUT2D eigenvalue weighted by atomic mass is 35.5. The molecule has 0 atom stereocenters. The predicted octanol–water partition coefficient (Wildman–Crippen LogP) is 4.52. The lowest BCUT2D eigenvalue weighted by atomic mass is 10.2. The van der Waals surface area contributed by atoms with Crippen LogP contribution < -0.4 is 5.32 Å². The van der Waals surface area contributed by atoms with Gasteiger partial charge in [-0.3, -0.25) is 0 Å². The van der Waals surface area contributed by atoms with Crippen molar-refractivity contribution in [2.24, 2.45) is 0 Å². The fraction of sp³-hybridized carbons (Fsp3) is 0.0556. The summed E-state index contributed by atoms with van der Waals surface area (Å²) in [6.45, 7) is 2.06. The van der Waals surface area contributed by atoms with Gasteiger partial charge >= 0.3 is 0 Å². The van der Waals surface area contributed by atoms with Crippen molar-refractivity contribution in [1.29, 1.82) is 0 Å². The second-order valence-corrected chi connectivity index (χ2v) is 5.92. The van der Waals surface area contributed by atoms with Gasteiger partial charge in [0.05, 0.1) is 17.3 Å². The van der Waals surface area contributed by atoms with Crippen LogP contribution in [0.1, 0.15) is 5.56 Å². The normalized spacial score (nSPS) is 10.9. The van der Waals surface area contributed by atoms with Crippen LogP contribution in [0, 0.1) is 6.92 Å². The number of hydrogen-bond acceptors (Lipinski definition) is 4. The molecule has 0 radical (unpaired) electrons. The predicted molar refractivity (Wildman–Crippen MR) is 96.1 cm³/mol. The average Bonchev–Trinajstić information content (AvgIpc) is 3.03. The zero-order chi connectivity index (χ0) is 16.5. The summed E-state index contributed by atoms with van der Waals surface area (Å²) in [4.78, 5) is 8.72. The number of nitrogens with zero attached hydrogens (tertiary/aromatic N) is 4. The number of aromatic nitrogens is 4. The highest BCUT2D eigenvalue weighted by Gasteiger charge is 2.11. The van der Waals surface area contributed by atoms with Crippen molar-refractivity contribution in [3.05, 3.63) is 71.6 Å². The number of halogens is 1. The third-order valence-electron chi connectivity index (χ3n) is 3.75. The van der Waals surface area contributed by atoms with E-state index in [1.807, 2.05) is 36.4 Å². The van der Waals surface area contributed by atoms with E-state index in [0.717, 1.165) is 28.2 Å². The van der Waals surface area contributed by atoms with Crippen molar-refractivity contribution in [1.82, 2.24) is 19.7 Å². The number of aryl methyl sites for hydroxylation is 1.